The molecule has 2 N–H and O–H groups in total. The van der Waals surface area contributed by atoms with Crippen LogP contribution in [0, 0.1) is 10.1 Å². The van der Waals surface area contributed by atoms with Crippen LogP contribution < -0.4 is 5.73 Å². The van der Waals surface area contributed by atoms with Gasteiger partial charge >= 0.3 is 5.97 Å². The van der Waals surface area contributed by atoms with Gasteiger partial charge in [-0.3, -0.25) is 10.1 Å². The number of methoxy groups -OCH3 is 1. The van der Waals surface area contributed by atoms with Gasteiger partial charge in [0.25, 0.3) is 5.69 Å². The van der Waals surface area contributed by atoms with Gasteiger partial charge in [-0.1, -0.05) is 12.1 Å². The minimum atomic E-state index is -1.39. The lowest BCUT2D eigenvalue weighted by atomic mass is 9.93. The van der Waals surface area contributed by atoms with Crippen LogP contribution in [0.1, 0.15) is 12.5 Å². The first kappa shape index (κ1) is 12.1. The largest absolute Gasteiger partial charge is 0.467 e. The molecule has 0 radical (unpaired) electrons. The first-order valence-electron chi connectivity index (χ1n) is 4.52. The highest BCUT2D eigenvalue weighted by molar-refractivity contribution is 5.81. The van der Waals surface area contributed by atoms with Gasteiger partial charge in [0.15, 0.2) is 0 Å². The molecule has 0 bridgehead atoms. The molecule has 0 saturated carbocycles. The van der Waals surface area contributed by atoms with Crippen molar-refractivity contribution in [3.63, 3.8) is 0 Å². The Bertz CT molecular complexity index is 429. The molecule has 0 aliphatic carbocycles. The number of hydrogen-bond donors (Lipinski definition) is 1. The number of nitro groups is 1. The van der Waals surface area contributed by atoms with Crippen molar-refractivity contribution in [3.8, 4) is 0 Å². The average molecular weight is 224 g/mol. The number of benzene rings is 1. The number of ether oxygens (including phenoxy) is 1. The second-order valence-electron chi connectivity index (χ2n) is 3.50. The third kappa shape index (κ3) is 2.17. The van der Waals surface area contributed by atoms with Crippen LogP contribution >= 0.6 is 0 Å². The average Bonchev–Trinajstić information content (AvgIpc) is 2.28. The summed E-state index contributed by atoms with van der Waals surface area (Å²) in [5, 5.41) is 10.6. The van der Waals surface area contributed by atoms with E-state index in [-0.39, 0.29) is 5.69 Å². The van der Waals surface area contributed by atoms with Crippen LogP contribution in [0.4, 0.5) is 5.69 Å². The SMILES string of the molecule is COC(=O)[C@](C)(N)c1cccc([N+](=O)[O-])c1. The van der Waals surface area contributed by atoms with Crippen molar-refractivity contribution in [2.24, 2.45) is 5.73 Å². The summed E-state index contributed by atoms with van der Waals surface area (Å²) in [5.74, 6) is -0.645. The summed E-state index contributed by atoms with van der Waals surface area (Å²) in [6.45, 7) is 1.44. The highest BCUT2D eigenvalue weighted by Gasteiger charge is 2.32. The minimum absolute atomic E-state index is 0.113. The Morgan fingerprint density at radius 2 is 2.19 bits per heavy atom. The van der Waals surface area contributed by atoms with Gasteiger partial charge in [-0.05, 0) is 12.5 Å². The fourth-order valence-electron chi connectivity index (χ4n) is 1.27. The van der Waals surface area contributed by atoms with Crippen molar-refractivity contribution in [1.82, 2.24) is 0 Å². The molecule has 0 aliphatic rings. The lowest BCUT2D eigenvalue weighted by Crippen LogP contribution is -2.42. The zero-order valence-electron chi connectivity index (χ0n) is 8.97. The van der Waals surface area contributed by atoms with Crippen LogP contribution in [-0.2, 0) is 15.1 Å². The lowest BCUT2D eigenvalue weighted by Gasteiger charge is -2.21. The van der Waals surface area contributed by atoms with Crippen molar-refractivity contribution >= 4 is 11.7 Å². The van der Waals surface area contributed by atoms with Crippen LogP contribution in [0.3, 0.4) is 0 Å². The molecule has 86 valence electrons. The zero-order chi connectivity index (χ0) is 12.3. The lowest BCUT2D eigenvalue weighted by molar-refractivity contribution is -0.384. The summed E-state index contributed by atoms with van der Waals surface area (Å²) in [4.78, 5) is 21.4. The summed E-state index contributed by atoms with van der Waals surface area (Å²) < 4.78 is 4.54. The molecule has 6 heteroatoms. The molecule has 0 spiro atoms. The smallest absolute Gasteiger partial charge is 0.330 e. The number of rotatable bonds is 3. The Labute approximate surface area is 92.2 Å². The fraction of sp³-hybridized carbons (Fsp3) is 0.300. The van der Waals surface area contributed by atoms with E-state index in [0.717, 1.165) is 0 Å². The van der Waals surface area contributed by atoms with Crippen LogP contribution in [0.25, 0.3) is 0 Å². The van der Waals surface area contributed by atoms with Crippen molar-refractivity contribution in [2.45, 2.75) is 12.5 Å². The second-order valence-corrected chi connectivity index (χ2v) is 3.50. The van der Waals surface area contributed by atoms with E-state index < -0.39 is 16.4 Å². The predicted octanol–water partition coefficient (Wildman–Crippen LogP) is 0.942. The minimum Gasteiger partial charge on any atom is -0.467 e. The summed E-state index contributed by atoms with van der Waals surface area (Å²) in [6, 6.07) is 5.61. The topological polar surface area (TPSA) is 95.5 Å². The van der Waals surface area contributed by atoms with Gasteiger partial charge < -0.3 is 10.5 Å². The van der Waals surface area contributed by atoms with Crippen molar-refractivity contribution < 1.29 is 14.5 Å². The molecule has 1 atom stereocenters. The van der Waals surface area contributed by atoms with Gasteiger partial charge in [-0.15, -0.1) is 0 Å². The van der Waals surface area contributed by atoms with Crippen molar-refractivity contribution in [2.75, 3.05) is 7.11 Å². The van der Waals surface area contributed by atoms with Gasteiger partial charge in [0.05, 0.1) is 12.0 Å². The van der Waals surface area contributed by atoms with Gasteiger partial charge in [-0.25, -0.2) is 4.79 Å². The summed E-state index contributed by atoms with van der Waals surface area (Å²) >= 11 is 0. The van der Waals surface area contributed by atoms with E-state index in [1.54, 1.807) is 6.07 Å². The van der Waals surface area contributed by atoms with Crippen molar-refractivity contribution in [1.29, 1.82) is 0 Å². The molecule has 16 heavy (non-hydrogen) atoms. The molecule has 0 amide bonds. The van der Waals surface area contributed by atoms with Crippen LogP contribution in [0.5, 0.6) is 0 Å². The van der Waals surface area contributed by atoms with Gasteiger partial charge in [0.1, 0.15) is 5.54 Å². The molecular weight excluding hydrogens is 212 g/mol. The number of non-ortho nitro benzene ring substituents is 1. The molecule has 1 rings (SSSR count). The Kier molecular flexibility index (Phi) is 3.24. The molecule has 1 aromatic rings. The number of nitrogens with two attached hydrogens (primary N) is 1. The highest BCUT2D eigenvalue weighted by atomic mass is 16.6. The van der Waals surface area contributed by atoms with E-state index in [2.05, 4.69) is 4.74 Å². The normalized spacial score (nSPS) is 13.9. The van der Waals surface area contributed by atoms with Gasteiger partial charge in [0.2, 0.25) is 0 Å². The standard InChI is InChI=1S/C10H12N2O4/c1-10(11,9(13)16-2)7-4-3-5-8(6-7)12(14)15/h3-6H,11H2,1-2H3/t10-/m1/s1. The van der Waals surface area contributed by atoms with E-state index in [1.807, 2.05) is 0 Å². The maximum absolute atomic E-state index is 11.4. The van der Waals surface area contributed by atoms with E-state index in [1.165, 1.54) is 32.2 Å². The summed E-state index contributed by atoms with van der Waals surface area (Å²) in [5.41, 5.74) is 4.60. The Balaban J connectivity index is 3.18. The number of carbonyl (C=O) groups excluding carboxylic acids is 1. The second kappa shape index (κ2) is 4.28. The van der Waals surface area contributed by atoms with Gasteiger partial charge in [-0.2, -0.15) is 0 Å². The quantitative estimate of drug-likeness (QED) is 0.468. The van der Waals surface area contributed by atoms with Gasteiger partial charge in [0, 0.05) is 12.1 Å². The Morgan fingerprint density at radius 3 is 2.69 bits per heavy atom. The molecular formula is C10H12N2O4. The number of nitrogens with zero attached hydrogens (tertiary/aromatic N) is 1. The molecule has 0 aliphatic heterocycles. The molecule has 0 aromatic heterocycles. The zero-order valence-corrected chi connectivity index (χ0v) is 8.97. The van der Waals surface area contributed by atoms with E-state index in [0.29, 0.717) is 5.56 Å². The first-order valence-corrected chi connectivity index (χ1v) is 4.52. The van der Waals surface area contributed by atoms with E-state index in [4.69, 9.17) is 5.73 Å². The maximum atomic E-state index is 11.4. The van der Waals surface area contributed by atoms with Crippen LogP contribution in [0.2, 0.25) is 0 Å². The molecule has 0 heterocycles. The third-order valence-corrected chi connectivity index (χ3v) is 2.27. The molecule has 0 saturated heterocycles. The number of nitro benzene ring substituents is 1. The molecule has 0 unspecified atom stereocenters. The number of esters is 1. The van der Waals surface area contributed by atoms with E-state index >= 15 is 0 Å². The van der Waals surface area contributed by atoms with Crippen molar-refractivity contribution in [3.05, 3.63) is 39.9 Å². The monoisotopic (exact) mass is 224 g/mol. The van der Waals surface area contributed by atoms with Crippen LogP contribution in [0.15, 0.2) is 24.3 Å². The summed E-state index contributed by atoms with van der Waals surface area (Å²) in [7, 11) is 1.21. The number of hydrogen-bond acceptors (Lipinski definition) is 5. The summed E-state index contributed by atoms with van der Waals surface area (Å²) in [6.07, 6.45) is 0. The Morgan fingerprint density at radius 1 is 1.56 bits per heavy atom. The van der Waals surface area contributed by atoms with E-state index in [9.17, 15) is 14.9 Å². The first-order chi connectivity index (χ1) is 7.39. The maximum Gasteiger partial charge on any atom is 0.330 e. The molecule has 0 fully saturated rings. The predicted molar refractivity (Wildman–Crippen MR) is 56.7 cm³/mol. The van der Waals surface area contributed by atoms with Crippen LogP contribution in [-0.4, -0.2) is 18.0 Å². The number of carbonyl (C=O) groups is 1. The molecule has 1 aromatic carbocycles. The Hall–Kier alpha value is -1.95. The molecule has 6 nitrogen and oxygen atoms in total. The third-order valence-electron chi connectivity index (χ3n) is 2.27. The highest BCUT2D eigenvalue weighted by Crippen LogP contribution is 2.23. The fourth-order valence-corrected chi connectivity index (χ4v) is 1.27.